The Morgan fingerprint density at radius 1 is 1.19 bits per heavy atom. The number of nitrogens with zero attached hydrogens (tertiary/aromatic N) is 1. The van der Waals surface area contributed by atoms with E-state index in [4.69, 9.17) is 4.74 Å². The van der Waals surface area contributed by atoms with Crippen molar-refractivity contribution in [2.75, 3.05) is 6.61 Å². The van der Waals surface area contributed by atoms with Crippen LogP contribution in [-0.2, 0) is 6.61 Å². The number of hydrogen-bond donors (Lipinski definition) is 1. The maximum absolute atomic E-state index is 9.41. The molecule has 1 heterocycles. The summed E-state index contributed by atoms with van der Waals surface area (Å²) < 4.78 is 6.00. The number of allylic oxidation sites excluding steroid dienone is 2. The molecule has 1 aromatic carbocycles. The summed E-state index contributed by atoms with van der Waals surface area (Å²) in [7, 11) is 0. The molecule has 0 spiro atoms. The molecular formula is C18H21NO2. The number of benzene rings is 1. The molecule has 1 aromatic heterocycles. The molecule has 0 bridgehead atoms. The molecule has 0 radical (unpaired) electrons. The minimum Gasteiger partial charge on any atom is -0.477 e. The average molecular weight is 283 g/mol. The third kappa shape index (κ3) is 2.93. The van der Waals surface area contributed by atoms with Crippen molar-refractivity contribution >= 4 is 10.8 Å². The highest BCUT2D eigenvalue weighted by Gasteiger charge is 2.19. The van der Waals surface area contributed by atoms with E-state index in [1.165, 1.54) is 0 Å². The zero-order chi connectivity index (χ0) is 14.7. The van der Waals surface area contributed by atoms with E-state index in [-0.39, 0.29) is 6.61 Å². The molecule has 0 fully saturated rings. The summed E-state index contributed by atoms with van der Waals surface area (Å²) in [4.78, 5) is 4.39. The lowest BCUT2D eigenvalue weighted by Gasteiger charge is -2.25. The van der Waals surface area contributed by atoms with E-state index >= 15 is 0 Å². The lowest BCUT2D eigenvalue weighted by atomic mass is 9.85. The molecule has 0 saturated carbocycles. The van der Waals surface area contributed by atoms with E-state index in [2.05, 4.69) is 24.1 Å². The lowest BCUT2D eigenvalue weighted by Crippen LogP contribution is -2.21. The van der Waals surface area contributed by atoms with Gasteiger partial charge in [-0.2, -0.15) is 0 Å². The first-order valence-corrected chi connectivity index (χ1v) is 7.55. The number of fused-ring (bicyclic) bond motifs is 1. The van der Waals surface area contributed by atoms with Gasteiger partial charge in [0.05, 0.1) is 13.2 Å². The summed E-state index contributed by atoms with van der Waals surface area (Å²) in [5, 5.41) is 11.4. The summed E-state index contributed by atoms with van der Waals surface area (Å²) in [6, 6.07) is 7.95. The van der Waals surface area contributed by atoms with Crippen LogP contribution in [0.4, 0.5) is 0 Å². The van der Waals surface area contributed by atoms with Crippen molar-refractivity contribution in [2.45, 2.75) is 26.4 Å². The summed E-state index contributed by atoms with van der Waals surface area (Å²) in [5.41, 5.74) is 0.840. The molecule has 1 aliphatic carbocycles. The number of pyridine rings is 1. The van der Waals surface area contributed by atoms with Gasteiger partial charge in [0.15, 0.2) is 0 Å². The molecule has 2 atom stereocenters. The van der Waals surface area contributed by atoms with E-state index in [1.807, 2.05) is 24.3 Å². The topological polar surface area (TPSA) is 42.4 Å². The monoisotopic (exact) mass is 283 g/mol. The third-order valence-corrected chi connectivity index (χ3v) is 4.36. The maximum atomic E-state index is 9.41. The second-order valence-corrected chi connectivity index (χ2v) is 5.78. The fourth-order valence-corrected chi connectivity index (χ4v) is 2.89. The van der Waals surface area contributed by atoms with Gasteiger partial charge in [-0.1, -0.05) is 37.3 Å². The van der Waals surface area contributed by atoms with E-state index in [1.54, 1.807) is 6.20 Å². The van der Waals surface area contributed by atoms with Crippen LogP contribution in [0.2, 0.25) is 0 Å². The van der Waals surface area contributed by atoms with E-state index in [9.17, 15) is 5.11 Å². The summed E-state index contributed by atoms with van der Waals surface area (Å²) in [5.74, 6) is 1.87. The van der Waals surface area contributed by atoms with E-state index < -0.39 is 0 Å². The molecule has 0 amide bonds. The maximum Gasteiger partial charge on any atom is 0.221 e. The van der Waals surface area contributed by atoms with Gasteiger partial charge >= 0.3 is 0 Å². The van der Waals surface area contributed by atoms with Gasteiger partial charge in [-0.15, -0.1) is 0 Å². The molecule has 3 heteroatoms. The Morgan fingerprint density at radius 3 is 2.71 bits per heavy atom. The largest absolute Gasteiger partial charge is 0.477 e. The highest BCUT2D eigenvalue weighted by atomic mass is 16.5. The first-order chi connectivity index (χ1) is 10.3. The van der Waals surface area contributed by atoms with Crippen molar-refractivity contribution in [3.63, 3.8) is 0 Å². The Morgan fingerprint density at radius 2 is 1.95 bits per heavy atom. The standard InChI is InChI=1S/C18H21NO2/c1-13-6-2-3-7-14(13)12-21-18-17-9-5-4-8-16(17)15(11-20)10-19-18/h2-5,8-10,13-14,20H,6-7,11-12H2,1H3. The van der Waals surface area contributed by atoms with Crippen LogP contribution in [0.3, 0.4) is 0 Å². The van der Waals surface area contributed by atoms with Crippen LogP contribution < -0.4 is 4.74 Å². The summed E-state index contributed by atoms with van der Waals surface area (Å²) >= 11 is 0. The zero-order valence-electron chi connectivity index (χ0n) is 12.3. The molecule has 2 aromatic rings. The lowest BCUT2D eigenvalue weighted by molar-refractivity contribution is 0.194. The second kappa shape index (κ2) is 6.27. The minimum atomic E-state index is -0.00174. The molecule has 110 valence electrons. The number of rotatable bonds is 4. The summed E-state index contributed by atoms with van der Waals surface area (Å²) in [6.07, 6.45) is 8.42. The molecule has 1 N–H and O–H groups in total. The summed E-state index contributed by atoms with van der Waals surface area (Å²) in [6.45, 7) is 2.97. The van der Waals surface area contributed by atoms with Crippen molar-refractivity contribution in [1.82, 2.24) is 4.98 Å². The SMILES string of the molecule is CC1CC=CCC1COc1ncc(CO)c2ccccc12. The van der Waals surface area contributed by atoms with Crippen LogP contribution in [0.5, 0.6) is 5.88 Å². The van der Waals surface area contributed by atoms with E-state index in [0.29, 0.717) is 24.3 Å². The first kappa shape index (κ1) is 14.1. The Hall–Kier alpha value is -1.87. The molecule has 2 unspecified atom stereocenters. The van der Waals surface area contributed by atoms with Gasteiger partial charge in [0.2, 0.25) is 5.88 Å². The normalized spacial score (nSPS) is 21.6. The van der Waals surface area contributed by atoms with Gasteiger partial charge in [0.1, 0.15) is 0 Å². The molecule has 21 heavy (non-hydrogen) atoms. The highest BCUT2D eigenvalue weighted by molar-refractivity contribution is 5.89. The van der Waals surface area contributed by atoms with Gasteiger partial charge in [0.25, 0.3) is 0 Å². The minimum absolute atomic E-state index is 0.00174. The van der Waals surface area contributed by atoms with Crippen molar-refractivity contribution < 1.29 is 9.84 Å². The highest BCUT2D eigenvalue weighted by Crippen LogP contribution is 2.29. The number of aliphatic hydroxyl groups is 1. The van der Waals surface area contributed by atoms with Crippen LogP contribution in [0.1, 0.15) is 25.3 Å². The molecule has 0 aliphatic heterocycles. The third-order valence-electron chi connectivity index (χ3n) is 4.36. The second-order valence-electron chi connectivity index (χ2n) is 5.78. The molecule has 3 nitrogen and oxygen atoms in total. The van der Waals surface area contributed by atoms with Crippen molar-refractivity contribution in [3.05, 3.63) is 48.2 Å². The van der Waals surface area contributed by atoms with Gasteiger partial charge in [-0.05, 0) is 36.1 Å². The Labute approximate surface area is 125 Å². The smallest absolute Gasteiger partial charge is 0.221 e. The van der Waals surface area contributed by atoms with Crippen LogP contribution >= 0.6 is 0 Å². The van der Waals surface area contributed by atoms with Crippen LogP contribution in [0.15, 0.2) is 42.6 Å². The Bertz CT molecular complexity index is 651. The van der Waals surface area contributed by atoms with Gasteiger partial charge in [-0.3, -0.25) is 0 Å². The van der Waals surface area contributed by atoms with Crippen LogP contribution in [0.25, 0.3) is 10.8 Å². The molecule has 3 rings (SSSR count). The number of ether oxygens (including phenoxy) is 1. The van der Waals surface area contributed by atoms with Crippen molar-refractivity contribution in [3.8, 4) is 5.88 Å². The predicted molar refractivity (Wildman–Crippen MR) is 84.2 cm³/mol. The molecule has 0 saturated heterocycles. The Kier molecular flexibility index (Phi) is 4.20. The van der Waals surface area contributed by atoms with Gasteiger partial charge in [0, 0.05) is 17.1 Å². The number of hydrogen-bond acceptors (Lipinski definition) is 3. The van der Waals surface area contributed by atoms with E-state index in [0.717, 1.165) is 29.2 Å². The predicted octanol–water partition coefficient (Wildman–Crippen LogP) is 3.71. The Balaban J connectivity index is 1.83. The fraction of sp³-hybridized carbons (Fsp3) is 0.389. The zero-order valence-corrected chi connectivity index (χ0v) is 12.3. The van der Waals surface area contributed by atoms with Crippen molar-refractivity contribution in [1.29, 1.82) is 0 Å². The van der Waals surface area contributed by atoms with Gasteiger partial charge < -0.3 is 9.84 Å². The van der Waals surface area contributed by atoms with Gasteiger partial charge in [-0.25, -0.2) is 4.98 Å². The fourth-order valence-electron chi connectivity index (χ4n) is 2.89. The van der Waals surface area contributed by atoms with Crippen molar-refractivity contribution in [2.24, 2.45) is 11.8 Å². The quantitative estimate of drug-likeness (QED) is 0.870. The van der Waals surface area contributed by atoms with Crippen LogP contribution in [-0.4, -0.2) is 16.7 Å². The number of aliphatic hydroxyl groups excluding tert-OH is 1. The number of aromatic nitrogens is 1. The molecule has 1 aliphatic rings. The average Bonchev–Trinajstić information content (AvgIpc) is 2.54. The first-order valence-electron chi connectivity index (χ1n) is 7.55. The molecular weight excluding hydrogens is 262 g/mol. The van der Waals surface area contributed by atoms with Crippen LogP contribution in [0, 0.1) is 11.8 Å².